The number of carbonyl (C=O) groups is 3. The summed E-state index contributed by atoms with van der Waals surface area (Å²) in [5.41, 5.74) is 2.85. The molecule has 4 rings (SSSR count). The second kappa shape index (κ2) is 8.92. The number of methoxy groups -OCH3 is 1. The molecule has 1 aliphatic rings. The Kier molecular flexibility index (Phi) is 6.05. The Bertz CT molecular complexity index is 1210. The maximum absolute atomic E-state index is 13.4. The summed E-state index contributed by atoms with van der Waals surface area (Å²) >= 11 is 1.12. The van der Waals surface area contributed by atoms with Crippen molar-refractivity contribution in [3.05, 3.63) is 87.5 Å². The van der Waals surface area contributed by atoms with Crippen LogP contribution in [-0.2, 0) is 22.5 Å². The standard InChI is InChI=1S/C24H21FN2O4S/c1-14-10-20(26-22(28)16-8-5-9-18(25)11-16)32-21(14)23(29)27-13-17-7-4-3-6-15(17)12-19(27)24(30)31-2/h3-11,19H,12-13H2,1-2H3,(H,26,28). The Morgan fingerprint density at radius 3 is 2.56 bits per heavy atom. The fraction of sp³-hybridized carbons (Fsp3) is 0.208. The van der Waals surface area contributed by atoms with Gasteiger partial charge in [-0.05, 0) is 47.9 Å². The van der Waals surface area contributed by atoms with Crippen LogP contribution in [-0.4, -0.2) is 35.8 Å². The summed E-state index contributed by atoms with van der Waals surface area (Å²) in [7, 11) is 1.31. The molecule has 0 fully saturated rings. The Morgan fingerprint density at radius 2 is 1.84 bits per heavy atom. The zero-order valence-corrected chi connectivity index (χ0v) is 18.4. The maximum atomic E-state index is 13.4. The lowest BCUT2D eigenvalue weighted by Crippen LogP contribution is -2.49. The minimum absolute atomic E-state index is 0.183. The summed E-state index contributed by atoms with van der Waals surface area (Å²) in [4.78, 5) is 40.3. The first-order valence-electron chi connectivity index (χ1n) is 10.0. The molecular formula is C24H21FN2O4S. The lowest BCUT2D eigenvalue weighted by molar-refractivity contribution is -0.146. The van der Waals surface area contributed by atoms with E-state index >= 15 is 0 Å². The minimum Gasteiger partial charge on any atom is -0.467 e. The molecule has 0 saturated carbocycles. The predicted octanol–water partition coefficient (Wildman–Crippen LogP) is 4.19. The van der Waals surface area contributed by atoms with E-state index in [1.807, 2.05) is 24.3 Å². The highest BCUT2D eigenvalue weighted by molar-refractivity contribution is 7.18. The highest BCUT2D eigenvalue weighted by Gasteiger charge is 2.36. The molecule has 0 aliphatic carbocycles. The molecule has 0 spiro atoms. The van der Waals surface area contributed by atoms with Crippen LogP contribution in [0.4, 0.5) is 9.39 Å². The zero-order chi connectivity index (χ0) is 22.8. The van der Waals surface area contributed by atoms with E-state index < -0.39 is 23.7 Å². The number of amides is 2. The first-order valence-corrected chi connectivity index (χ1v) is 10.8. The van der Waals surface area contributed by atoms with Crippen molar-refractivity contribution in [3.8, 4) is 0 Å². The van der Waals surface area contributed by atoms with Gasteiger partial charge in [0.15, 0.2) is 0 Å². The van der Waals surface area contributed by atoms with Crippen molar-refractivity contribution < 1.29 is 23.5 Å². The van der Waals surface area contributed by atoms with E-state index in [1.54, 1.807) is 13.0 Å². The van der Waals surface area contributed by atoms with Crippen molar-refractivity contribution in [2.24, 2.45) is 0 Å². The van der Waals surface area contributed by atoms with Gasteiger partial charge in [-0.15, -0.1) is 11.3 Å². The Morgan fingerprint density at radius 1 is 1.09 bits per heavy atom. The van der Waals surface area contributed by atoms with Gasteiger partial charge in [0.05, 0.1) is 17.0 Å². The molecule has 1 atom stereocenters. The molecule has 2 aromatic carbocycles. The second-order valence-electron chi connectivity index (χ2n) is 7.53. The fourth-order valence-electron chi connectivity index (χ4n) is 3.78. The SMILES string of the molecule is COC(=O)C1Cc2ccccc2CN1C(=O)c1sc(NC(=O)c2cccc(F)c2)cc1C. The first kappa shape index (κ1) is 21.7. The Hall–Kier alpha value is -3.52. The van der Waals surface area contributed by atoms with Gasteiger partial charge in [-0.2, -0.15) is 0 Å². The number of nitrogens with zero attached hydrogens (tertiary/aromatic N) is 1. The van der Waals surface area contributed by atoms with Crippen LogP contribution in [0.3, 0.4) is 0 Å². The van der Waals surface area contributed by atoms with Crippen molar-refractivity contribution in [2.75, 3.05) is 12.4 Å². The third-order valence-electron chi connectivity index (χ3n) is 5.42. The number of halogens is 1. The maximum Gasteiger partial charge on any atom is 0.328 e. The molecule has 1 aromatic heterocycles. The number of rotatable bonds is 4. The molecule has 2 heterocycles. The number of nitrogens with one attached hydrogen (secondary N) is 1. The number of aryl methyl sites for hydroxylation is 1. The van der Waals surface area contributed by atoms with E-state index in [0.29, 0.717) is 21.9 Å². The monoisotopic (exact) mass is 452 g/mol. The van der Waals surface area contributed by atoms with Gasteiger partial charge < -0.3 is 15.0 Å². The first-order chi connectivity index (χ1) is 15.4. The molecule has 0 radical (unpaired) electrons. The summed E-state index contributed by atoms with van der Waals surface area (Å²) in [6, 6.07) is 14.0. The fourth-order valence-corrected chi connectivity index (χ4v) is 4.81. The van der Waals surface area contributed by atoms with E-state index in [9.17, 15) is 18.8 Å². The number of fused-ring (bicyclic) bond motifs is 1. The van der Waals surface area contributed by atoms with Gasteiger partial charge in [-0.3, -0.25) is 9.59 Å². The molecule has 1 aliphatic heterocycles. The topological polar surface area (TPSA) is 75.7 Å². The van der Waals surface area contributed by atoms with E-state index in [4.69, 9.17) is 4.74 Å². The molecule has 0 saturated heterocycles. The van der Waals surface area contributed by atoms with Crippen LogP contribution in [0.25, 0.3) is 0 Å². The number of ether oxygens (including phenoxy) is 1. The third kappa shape index (κ3) is 4.27. The molecule has 6 nitrogen and oxygen atoms in total. The Labute approximate surface area is 188 Å². The molecular weight excluding hydrogens is 431 g/mol. The normalized spacial score (nSPS) is 15.1. The third-order valence-corrected chi connectivity index (χ3v) is 6.56. The van der Waals surface area contributed by atoms with Crippen LogP contribution < -0.4 is 5.32 Å². The van der Waals surface area contributed by atoms with Gasteiger partial charge in [0.25, 0.3) is 11.8 Å². The van der Waals surface area contributed by atoms with Gasteiger partial charge in [-0.25, -0.2) is 9.18 Å². The average Bonchev–Trinajstić information content (AvgIpc) is 3.16. The van der Waals surface area contributed by atoms with Gasteiger partial charge in [0, 0.05) is 18.5 Å². The highest BCUT2D eigenvalue weighted by atomic mass is 32.1. The lowest BCUT2D eigenvalue weighted by Gasteiger charge is -2.35. The summed E-state index contributed by atoms with van der Waals surface area (Å²) < 4.78 is 18.4. The number of thiophene rings is 1. The predicted molar refractivity (Wildman–Crippen MR) is 119 cm³/mol. The summed E-state index contributed by atoms with van der Waals surface area (Å²) in [5.74, 6) is -1.75. The zero-order valence-electron chi connectivity index (χ0n) is 17.6. The number of carbonyl (C=O) groups excluding carboxylic acids is 3. The number of anilines is 1. The largest absolute Gasteiger partial charge is 0.467 e. The molecule has 164 valence electrons. The molecule has 32 heavy (non-hydrogen) atoms. The van der Waals surface area contributed by atoms with Crippen molar-refractivity contribution in [1.82, 2.24) is 4.90 Å². The van der Waals surface area contributed by atoms with Crippen LogP contribution in [0, 0.1) is 12.7 Å². The van der Waals surface area contributed by atoms with Crippen molar-refractivity contribution in [2.45, 2.75) is 25.9 Å². The van der Waals surface area contributed by atoms with Crippen molar-refractivity contribution in [1.29, 1.82) is 0 Å². The van der Waals surface area contributed by atoms with Gasteiger partial charge in [-0.1, -0.05) is 30.3 Å². The highest BCUT2D eigenvalue weighted by Crippen LogP contribution is 2.32. The average molecular weight is 453 g/mol. The van der Waals surface area contributed by atoms with Gasteiger partial charge >= 0.3 is 5.97 Å². The molecule has 0 bridgehead atoms. The molecule has 3 aromatic rings. The molecule has 8 heteroatoms. The second-order valence-corrected chi connectivity index (χ2v) is 8.58. The summed E-state index contributed by atoms with van der Waals surface area (Å²) in [5, 5.41) is 3.18. The van der Waals surface area contributed by atoms with Crippen LogP contribution in [0.5, 0.6) is 0 Å². The summed E-state index contributed by atoms with van der Waals surface area (Å²) in [6.45, 7) is 2.06. The van der Waals surface area contributed by atoms with Crippen LogP contribution >= 0.6 is 11.3 Å². The van der Waals surface area contributed by atoms with Crippen molar-refractivity contribution >= 4 is 34.1 Å². The number of esters is 1. The van der Waals surface area contributed by atoms with Gasteiger partial charge in [0.1, 0.15) is 11.9 Å². The molecule has 2 amide bonds. The minimum atomic E-state index is -0.728. The Balaban J connectivity index is 1.59. The summed E-state index contributed by atoms with van der Waals surface area (Å²) in [6.07, 6.45) is 0.377. The number of hydrogen-bond acceptors (Lipinski definition) is 5. The smallest absolute Gasteiger partial charge is 0.328 e. The van der Waals surface area contributed by atoms with E-state index in [0.717, 1.165) is 28.5 Å². The number of benzene rings is 2. The molecule has 1 N–H and O–H groups in total. The van der Waals surface area contributed by atoms with E-state index in [-0.39, 0.29) is 18.0 Å². The van der Waals surface area contributed by atoms with E-state index in [1.165, 1.54) is 30.2 Å². The lowest BCUT2D eigenvalue weighted by atomic mass is 9.93. The van der Waals surface area contributed by atoms with Gasteiger partial charge in [0.2, 0.25) is 0 Å². The number of hydrogen-bond donors (Lipinski definition) is 1. The quantitative estimate of drug-likeness (QED) is 0.603. The van der Waals surface area contributed by atoms with Crippen LogP contribution in [0.15, 0.2) is 54.6 Å². The molecule has 1 unspecified atom stereocenters. The van der Waals surface area contributed by atoms with E-state index in [2.05, 4.69) is 5.32 Å². The van der Waals surface area contributed by atoms with Crippen molar-refractivity contribution in [3.63, 3.8) is 0 Å². The van der Waals surface area contributed by atoms with Crippen LogP contribution in [0.2, 0.25) is 0 Å². The van der Waals surface area contributed by atoms with Crippen LogP contribution in [0.1, 0.15) is 36.7 Å².